The lowest BCUT2D eigenvalue weighted by Gasteiger charge is -2.33. The van der Waals surface area contributed by atoms with E-state index in [1.165, 1.54) is 27.8 Å². The van der Waals surface area contributed by atoms with Gasteiger partial charge in [-0.15, -0.1) is 0 Å². The van der Waals surface area contributed by atoms with Crippen molar-refractivity contribution in [1.82, 2.24) is 0 Å². The lowest BCUT2D eigenvalue weighted by atomic mass is 9.72. The Morgan fingerprint density at radius 3 is 1.67 bits per heavy atom. The van der Waals surface area contributed by atoms with Crippen LogP contribution in [0, 0.1) is 0 Å². The fourth-order valence-corrected chi connectivity index (χ4v) is 4.04. The molecule has 1 unspecified atom stereocenters. The van der Waals surface area contributed by atoms with Crippen LogP contribution in [0.1, 0.15) is 103 Å². The van der Waals surface area contributed by atoms with Gasteiger partial charge in [-0.2, -0.15) is 0 Å². The Balaban J connectivity index is 2.39. The molecule has 0 heterocycles. The molecule has 0 aliphatic carbocycles. The van der Waals surface area contributed by atoms with Crippen molar-refractivity contribution >= 4 is 0 Å². The number of rotatable bonds is 3. The number of hydrogen-bond acceptors (Lipinski definition) is 0. The summed E-state index contributed by atoms with van der Waals surface area (Å²) in [7, 11) is 0. The highest BCUT2D eigenvalue weighted by atomic mass is 14.3. The van der Waals surface area contributed by atoms with Gasteiger partial charge in [0.25, 0.3) is 0 Å². The summed E-state index contributed by atoms with van der Waals surface area (Å²) >= 11 is 0. The molecule has 0 nitrogen and oxygen atoms in total. The maximum Gasteiger partial charge on any atom is -0.0126 e. The summed E-state index contributed by atoms with van der Waals surface area (Å²) in [5.74, 6) is 0.510. The average Bonchev–Trinajstić information content (AvgIpc) is 2.52. The first-order valence-corrected chi connectivity index (χ1v) is 10.4. The van der Waals surface area contributed by atoms with Gasteiger partial charge in [0, 0.05) is 0 Å². The summed E-state index contributed by atoms with van der Waals surface area (Å²) in [6, 6.07) is 16.2. The Bertz CT molecular complexity index is 756. The van der Waals surface area contributed by atoms with E-state index in [2.05, 4.69) is 112 Å². The molecule has 0 saturated carbocycles. The van der Waals surface area contributed by atoms with E-state index in [4.69, 9.17) is 0 Å². The standard InChI is InChI=1S/C27H40/c1-19(20-14-16-22(17-15-20)25(2,3)4)18-21-12-11-13-23(26(5,6)7)24(21)27(8,9)10/h11-17,19H,18H2,1-10H3. The molecule has 0 N–H and O–H groups in total. The predicted octanol–water partition coefficient (Wildman–Crippen LogP) is 7.93. The predicted molar refractivity (Wildman–Crippen MR) is 121 cm³/mol. The normalized spacial score (nSPS) is 14.3. The number of hydrogen-bond donors (Lipinski definition) is 0. The zero-order valence-electron chi connectivity index (χ0n) is 19.3. The van der Waals surface area contributed by atoms with E-state index < -0.39 is 0 Å². The molecule has 0 aliphatic rings. The van der Waals surface area contributed by atoms with E-state index in [1.54, 1.807) is 0 Å². The third-order valence-electron chi connectivity index (χ3n) is 5.58. The van der Waals surface area contributed by atoms with Crippen molar-refractivity contribution in [2.45, 2.75) is 97.8 Å². The maximum absolute atomic E-state index is 2.36. The van der Waals surface area contributed by atoms with Crippen LogP contribution in [-0.4, -0.2) is 0 Å². The van der Waals surface area contributed by atoms with E-state index in [-0.39, 0.29) is 16.2 Å². The van der Waals surface area contributed by atoms with Crippen molar-refractivity contribution in [3.8, 4) is 0 Å². The molecule has 0 amide bonds. The minimum Gasteiger partial charge on any atom is -0.0617 e. The minimum absolute atomic E-state index is 0.148. The van der Waals surface area contributed by atoms with Crippen LogP contribution in [0.5, 0.6) is 0 Å². The minimum atomic E-state index is 0.148. The molecule has 27 heavy (non-hydrogen) atoms. The van der Waals surface area contributed by atoms with Crippen molar-refractivity contribution in [2.24, 2.45) is 0 Å². The summed E-state index contributed by atoms with van der Waals surface area (Å²) < 4.78 is 0. The van der Waals surface area contributed by atoms with Gasteiger partial charge in [-0.1, -0.05) is 112 Å². The molecular weight excluding hydrogens is 324 g/mol. The van der Waals surface area contributed by atoms with Gasteiger partial charge >= 0.3 is 0 Å². The molecule has 2 aromatic rings. The second kappa shape index (κ2) is 7.46. The summed E-state index contributed by atoms with van der Waals surface area (Å²) in [6.45, 7) is 23.2. The molecule has 0 saturated heterocycles. The van der Waals surface area contributed by atoms with Crippen molar-refractivity contribution in [3.05, 3.63) is 70.3 Å². The second-order valence-corrected chi connectivity index (χ2v) is 11.3. The molecule has 148 valence electrons. The van der Waals surface area contributed by atoms with Crippen molar-refractivity contribution < 1.29 is 0 Å². The second-order valence-electron chi connectivity index (χ2n) is 11.3. The van der Waals surface area contributed by atoms with E-state index in [9.17, 15) is 0 Å². The van der Waals surface area contributed by atoms with Crippen LogP contribution in [0.15, 0.2) is 42.5 Å². The monoisotopic (exact) mass is 364 g/mol. The van der Waals surface area contributed by atoms with Crippen molar-refractivity contribution in [3.63, 3.8) is 0 Å². The van der Waals surface area contributed by atoms with E-state index >= 15 is 0 Å². The summed E-state index contributed by atoms with van der Waals surface area (Å²) in [5.41, 5.74) is 7.89. The third-order valence-corrected chi connectivity index (χ3v) is 5.58. The fourth-order valence-electron chi connectivity index (χ4n) is 4.04. The van der Waals surface area contributed by atoms with Gasteiger partial charge in [0.1, 0.15) is 0 Å². The van der Waals surface area contributed by atoms with Crippen molar-refractivity contribution in [1.29, 1.82) is 0 Å². The van der Waals surface area contributed by atoms with Crippen LogP contribution in [0.2, 0.25) is 0 Å². The maximum atomic E-state index is 2.36. The van der Waals surface area contributed by atoms with Gasteiger partial charge in [-0.3, -0.25) is 0 Å². The van der Waals surface area contributed by atoms with Crippen LogP contribution in [0.25, 0.3) is 0 Å². The topological polar surface area (TPSA) is 0 Å². The molecule has 1 atom stereocenters. The smallest absolute Gasteiger partial charge is 0.0126 e. The average molecular weight is 365 g/mol. The largest absolute Gasteiger partial charge is 0.0617 e. The van der Waals surface area contributed by atoms with E-state index in [0.29, 0.717) is 5.92 Å². The molecular formula is C27H40. The van der Waals surface area contributed by atoms with Gasteiger partial charge in [-0.25, -0.2) is 0 Å². The van der Waals surface area contributed by atoms with E-state index in [1.807, 2.05) is 0 Å². The Labute approximate surface area is 168 Å². The van der Waals surface area contributed by atoms with Crippen LogP contribution in [0.3, 0.4) is 0 Å². The molecule has 0 aliphatic heterocycles. The van der Waals surface area contributed by atoms with Crippen molar-refractivity contribution in [2.75, 3.05) is 0 Å². The summed E-state index contributed by atoms with van der Waals surface area (Å²) in [4.78, 5) is 0. The number of benzene rings is 2. The molecule has 0 aromatic heterocycles. The molecule has 0 spiro atoms. The van der Waals surface area contributed by atoms with Gasteiger partial charge in [0.05, 0.1) is 0 Å². The Morgan fingerprint density at radius 2 is 1.22 bits per heavy atom. The molecule has 0 radical (unpaired) electrons. The molecule has 0 heteroatoms. The molecule has 0 bridgehead atoms. The zero-order chi connectivity index (χ0) is 20.6. The lowest BCUT2D eigenvalue weighted by molar-refractivity contribution is 0.522. The first kappa shape index (κ1) is 21.7. The first-order valence-electron chi connectivity index (χ1n) is 10.4. The highest BCUT2D eigenvalue weighted by molar-refractivity contribution is 5.44. The molecule has 2 aromatic carbocycles. The first-order chi connectivity index (χ1) is 12.2. The van der Waals surface area contributed by atoms with Gasteiger partial charge in [-0.05, 0) is 56.4 Å². The van der Waals surface area contributed by atoms with Crippen LogP contribution < -0.4 is 0 Å². The third kappa shape index (κ3) is 5.24. The molecule has 2 rings (SSSR count). The summed E-state index contributed by atoms with van der Waals surface area (Å²) in [5, 5.41) is 0. The fraction of sp³-hybridized carbons (Fsp3) is 0.556. The van der Waals surface area contributed by atoms with Crippen LogP contribution in [-0.2, 0) is 22.7 Å². The molecule has 0 fully saturated rings. The van der Waals surface area contributed by atoms with Gasteiger partial charge in [0.2, 0.25) is 0 Å². The quantitative estimate of drug-likeness (QED) is 0.518. The van der Waals surface area contributed by atoms with Crippen LogP contribution >= 0.6 is 0 Å². The van der Waals surface area contributed by atoms with Gasteiger partial charge < -0.3 is 0 Å². The highest BCUT2D eigenvalue weighted by Crippen LogP contribution is 2.38. The SMILES string of the molecule is CC(Cc1cccc(C(C)(C)C)c1C(C)(C)C)c1ccc(C(C)(C)C)cc1. The van der Waals surface area contributed by atoms with E-state index in [0.717, 1.165) is 6.42 Å². The Hall–Kier alpha value is -1.56. The lowest BCUT2D eigenvalue weighted by Crippen LogP contribution is -2.24. The zero-order valence-corrected chi connectivity index (χ0v) is 19.3. The Morgan fingerprint density at radius 1 is 0.667 bits per heavy atom. The summed E-state index contributed by atoms with van der Waals surface area (Å²) in [6.07, 6.45) is 1.09. The van der Waals surface area contributed by atoms with Crippen LogP contribution in [0.4, 0.5) is 0 Å². The highest BCUT2D eigenvalue weighted by Gasteiger charge is 2.28. The van der Waals surface area contributed by atoms with Gasteiger partial charge in [0.15, 0.2) is 0 Å². The Kier molecular flexibility index (Phi) is 6.00.